The number of carboxylic acids is 1. The van der Waals surface area contributed by atoms with Gasteiger partial charge in [-0.15, -0.1) is 0 Å². The molecule has 3 fully saturated rings. The fourth-order valence-corrected chi connectivity index (χ4v) is 4.02. The van der Waals surface area contributed by atoms with E-state index >= 15 is 0 Å². The summed E-state index contributed by atoms with van der Waals surface area (Å²) in [5.41, 5.74) is 0. The topological polar surface area (TPSA) is 74.0 Å². The summed E-state index contributed by atoms with van der Waals surface area (Å²) < 4.78 is 37.5. The first kappa shape index (κ1) is 20.7. The van der Waals surface area contributed by atoms with Gasteiger partial charge in [0.1, 0.15) is 11.5 Å². The average molecular weight is 402 g/mol. The number of carbonyl (C=O) groups is 2. The predicted molar refractivity (Wildman–Crippen MR) is 93.4 cm³/mol. The molecule has 6 nitrogen and oxygen atoms in total. The van der Waals surface area contributed by atoms with Gasteiger partial charge in [-0.2, -0.15) is 13.2 Å². The molecule has 28 heavy (non-hydrogen) atoms. The van der Waals surface area contributed by atoms with Gasteiger partial charge in [0.25, 0.3) is 0 Å². The van der Waals surface area contributed by atoms with Crippen molar-refractivity contribution in [1.29, 1.82) is 0 Å². The molecule has 2 atom stereocenters. The normalized spacial score (nSPS) is 25.3. The van der Waals surface area contributed by atoms with E-state index in [-0.39, 0.29) is 0 Å². The molecule has 156 valence electrons. The number of rotatable bonds is 4. The fraction of sp³-hybridized carbons (Fsp3) is 0.684. The monoisotopic (exact) mass is 402 g/mol. The van der Waals surface area contributed by atoms with Crippen molar-refractivity contribution < 1.29 is 32.3 Å². The number of piperidine rings is 1. The minimum atomic E-state index is -5.08. The summed E-state index contributed by atoms with van der Waals surface area (Å²) in [6, 6.07) is 5.10. The van der Waals surface area contributed by atoms with Gasteiger partial charge in [-0.05, 0) is 50.7 Å². The Morgan fingerprint density at radius 2 is 1.89 bits per heavy atom. The lowest BCUT2D eigenvalue weighted by molar-refractivity contribution is -0.192. The zero-order valence-corrected chi connectivity index (χ0v) is 15.7. The van der Waals surface area contributed by atoms with Crippen LogP contribution in [-0.2, 0) is 16.1 Å². The minimum absolute atomic E-state index is 0.388. The first-order valence-corrected chi connectivity index (χ1v) is 9.54. The molecule has 1 N–H and O–H groups in total. The number of aryl methyl sites for hydroxylation is 1. The molecule has 1 aromatic heterocycles. The third-order valence-corrected chi connectivity index (χ3v) is 5.55. The van der Waals surface area contributed by atoms with Crippen molar-refractivity contribution in [3.8, 4) is 0 Å². The highest BCUT2D eigenvalue weighted by Gasteiger charge is 2.44. The highest BCUT2D eigenvalue weighted by Crippen LogP contribution is 2.37. The number of fused-ring (bicyclic) bond motifs is 1. The van der Waals surface area contributed by atoms with Gasteiger partial charge in [-0.1, -0.05) is 0 Å². The summed E-state index contributed by atoms with van der Waals surface area (Å²) in [6.07, 6.45) is 0.419. The number of nitrogens with zero attached hydrogens (tertiary/aromatic N) is 2. The van der Waals surface area contributed by atoms with Crippen molar-refractivity contribution in [2.75, 3.05) is 13.1 Å². The standard InChI is InChI=1S/C17H24N2O2.C2HF3O2/c1-12-2-5-14(21-12)11-18-9-8-16-15(18)6-7-17(20)19(16)10-13-3-4-13;3-2(4,5)1(6)7/h2,5,13,15-16H,3-4,6-11H2,1H3;(H,6,7)/t15-,16-;/m1./s1. The van der Waals surface area contributed by atoms with Crippen molar-refractivity contribution in [3.05, 3.63) is 23.7 Å². The maximum atomic E-state index is 12.3. The van der Waals surface area contributed by atoms with E-state index in [9.17, 15) is 18.0 Å². The molecule has 0 aromatic carbocycles. The zero-order valence-electron chi connectivity index (χ0n) is 15.7. The number of hydrogen-bond donors (Lipinski definition) is 1. The molecular weight excluding hydrogens is 377 g/mol. The molecule has 0 unspecified atom stereocenters. The molecule has 3 aliphatic rings. The van der Waals surface area contributed by atoms with Gasteiger partial charge < -0.3 is 14.4 Å². The number of carboxylic acid groups (broad SMARTS) is 1. The van der Waals surface area contributed by atoms with E-state index in [1.807, 2.05) is 13.0 Å². The van der Waals surface area contributed by atoms with Gasteiger partial charge in [-0.25, -0.2) is 4.79 Å². The van der Waals surface area contributed by atoms with Crippen LogP contribution in [0.25, 0.3) is 0 Å². The second kappa shape index (κ2) is 8.14. The van der Waals surface area contributed by atoms with Crippen molar-refractivity contribution in [1.82, 2.24) is 9.80 Å². The highest BCUT2D eigenvalue weighted by atomic mass is 19.4. The highest BCUT2D eigenvalue weighted by molar-refractivity contribution is 5.77. The summed E-state index contributed by atoms with van der Waals surface area (Å²) in [5, 5.41) is 7.12. The SMILES string of the molecule is Cc1ccc(CN2CC[C@@H]3[C@H]2CCC(=O)N3CC2CC2)o1.O=C(O)C(F)(F)F. The average Bonchev–Trinajstić information content (AvgIpc) is 3.20. The Bertz CT molecular complexity index is 714. The quantitative estimate of drug-likeness (QED) is 0.837. The zero-order chi connectivity index (χ0) is 20.5. The fourth-order valence-electron chi connectivity index (χ4n) is 4.02. The summed E-state index contributed by atoms with van der Waals surface area (Å²) in [5.74, 6) is 0.453. The lowest BCUT2D eigenvalue weighted by Gasteiger charge is -2.40. The Hall–Kier alpha value is -2.03. The molecule has 1 amide bonds. The van der Waals surface area contributed by atoms with Crippen molar-refractivity contribution >= 4 is 11.9 Å². The van der Waals surface area contributed by atoms with Crippen LogP contribution >= 0.6 is 0 Å². The second-order valence-corrected chi connectivity index (χ2v) is 7.74. The Labute approximate surface area is 161 Å². The number of carbonyl (C=O) groups excluding carboxylic acids is 1. The molecule has 0 bridgehead atoms. The largest absolute Gasteiger partial charge is 0.490 e. The smallest absolute Gasteiger partial charge is 0.475 e. The number of halogens is 3. The Morgan fingerprint density at radius 1 is 1.21 bits per heavy atom. The number of furan rings is 1. The molecule has 0 spiro atoms. The van der Waals surface area contributed by atoms with E-state index < -0.39 is 12.1 Å². The Balaban J connectivity index is 0.000000279. The first-order valence-electron chi connectivity index (χ1n) is 9.54. The lowest BCUT2D eigenvalue weighted by atomic mass is 9.96. The van der Waals surface area contributed by atoms with Crippen molar-refractivity contribution in [3.63, 3.8) is 0 Å². The van der Waals surface area contributed by atoms with Gasteiger partial charge in [0, 0.05) is 31.6 Å². The molecule has 2 aliphatic heterocycles. The molecule has 9 heteroatoms. The maximum absolute atomic E-state index is 12.3. The number of aliphatic carboxylic acids is 1. The number of likely N-dealkylation sites (tertiary alicyclic amines) is 2. The van der Waals surface area contributed by atoms with E-state index in [0.29, 0.717) is 18.0 Å². The first-order chi connectivity index (χ1) is 13.1. The van der Waals surface area contributed by atoms with Gasteiger partial charge in [0.15, 0.2) is 0 Å². The molecule has 3 heterocycles. The third-order valence-electron chi connectivity index (χ3n) is 5.55. The summed E-state index contributed by atoms with van der Waals surface area (Å²) >= 11 is 0. The molecule has 4 rings (SSSR count). The van der Waals surface area contributed by atoms with Crippen LogP contribution in [0.15, 0.2) is 16.5 Å². The second-order valence-electron chi connectivity index (χ2n) is 7.74. The van der Waals surface area contributed by atoms with Crippen LogP contribution in [-0.4, -0.2) is 58.1 Å². The van der Waals surface area contributed by atoms with Crippen LogP contribution in [0.3, 0.4) is 0 Å². The van der Waals surface area contributed by atoms with Crippen LogP contribution in [0.2, 0.25) is 0 Å². The van der Waals surface area contributed by atoms with E-state index in [4.69, 9.17) is 14.3 Å². The van der Waals surface area contributed by atoms with E-state index in [2.05, 4.69) is 15.9 Å². The van der Waals surface area contributed by atoms with Crippen LogP contribution in [0, 0.1) is 12.8 Å². The molecule has 1 saturated carbocycles. The summed E-state index contributed by atoms with van der Waals surface area (Å²) in [4.78, 5) is 25.9. The van der Waals surface area contributed by atoms with Crippen molar-refractivity contribution in [2.45, 2.75) is 63.8 Å². The van der Waals surface area contributed by atoms with E-state index in [1.54, 1.807) is 0 Å². The molecule has 1 aromatic rings. The number of alkyl halides is 3. The van der Waals surface area contributed by atoms with Crippen LogP contribution < -0.4 is 0 Å². The number of amides is 1. The van der Waals surface area contributed by atoms with E-state index in [0.717, 1.165) is 56.3 Å². The predicted octanol–water partition coefficient (Wildman–Crippen LogP) is 3.20. The lowest BCUT2D eigenvalue weighted by Crippen LogP contribution is -2.52. The van der Waals surface area contributed by atoms with Gasteiger partial charge >= 0.3 is 12.1 Å². The van der Waals surface area contributed by atoms with Gasteiger partial charge in [-0.3, -0.25) is 9.69 Å². The Morgan fingerprint density at radius 3 is 2.43 bits per heavy atom. The maximum Gasteiger partial charge on any atom is 0.490 e. The molecule has 1 aliphatic carbocycles. The van der Waals surface area contributed by atoms with Crippen LogP contribution in [0.5, 0.6) is 0 Å². The van der Waals surface area contributed by atoms with Gasteiger partial charge in [0.05, 0.1) is 6.54 Å². The van der Waals surface area contributed by atoms with E-state index in [1.165, 1.54) is 12.8 Å². The summed E-state index contributed by atoms with van der Waals surface area (Å²) in [6.45, 7) is 4.98. The van der Waals surface area contributed by atoms with Crippen LogP contribution in [0.4, 0.5) is 13.2 Å². The molecule has 2 saturated heterocycles. The third kappa shape index (κ3) is 5.06. The Kier molecular flexibility index (Phi) is 6.02. The van der Waals surface area contributed by atoms with Crippen molar-refractivity contribution in [2.24, 2.45) is 5.92 Å². The minimum Gasteiger partial charge on any atom is -0.475 e. The molecule has 0 radical (unpaired) electrons. The summed E-state index contributed by atoms with van der Waals surface area (Å²) in [7, 11) is 0. The van der Waals surface area contributed by atoms with Crippen LogP contribution in [0.1, 0.15) is 43.6 Å². The van der Waals surface area contributed by atoms with Gasteiger partial charge in [0.2, 0.25) is 5.91 Å². The molecular formula is C19H25F3N2O4. The number of hydrogen-bond acceptors (Lipinski definition) is 4.